The number of ether oxygens (including phenoxy) is 2. The molecule has 2 amide bonds. The molecule has 2 aliphatic heterocycles. The number of thiazole rings is 1. The van der Waals surface area contributed by atoms with Gasteiger partial charge in [-0.1, -0.05) is 11.3 Å². The summed E-state index contributed by atoms with van der Waals surface area (Å²) in [5.41, 5.74) is 1.66. The van der Waals surface area contributed by atoms with Crippen molar-refractivity contribution in [2.45, 2.75) is 37.9 Å². The summed E-state index contributed by atoms with van der Waals surface area (Å²) in [5, 5.41) is 15.4. The van der Waals surface area contributed by atoms with E-state index in [0.717, 1.165) is 21.8 Å². The fourth-order valence-corrected chi connectivity index (χ4v) is 5.11. The first kappa shape index (κ1) is 21.0. The topological polar surface area (TPSA) is 122 Å². The highest BCUT2D eigenvalue weighted by molar-refractivity contribution is 7.16. The number of nitrogens with one attached hydrogen (secondary N) is 2. The van der Waals surface area contributed by atoms with Crippen molar-refractivity contribution < 1.29 is 23.8 Å². The summed E-state index contributed by atoms with van der Waals surface area (Å²) in [5.74, 6) is 0.725. The lowest BCUT2D eigenvalue weighted by molar-refractivity contribution is 0.0579. The molecule has 4 heterocycles. The zero-order valence-electron chi connectivity index (χ0n) is 18.0. The van der Waals surface area contributed by atoms with Crippen LogP contribution < -0.4 is 20.3 Å². The van der Waals surface area contributed by atoms with E-state index in [1.54, 1.807) is 21.0 Å². The molecule has 2 aromatic heterocycles. The molecule has 0 aliphatic carbocycles. The number of hydrogen-bond donors (Lipinski definition) is 3. The molecule has 0 radical (unpaired) electrons. The molecule has 0 saturated carbocycles. The number of nitrogens with zero attached hydrogens (tertiary/aromatic N) is 3. The van der Waals surface area contributed by atoms with E-state index >= 15 is 0 Å². The number of aliphatic hydroxyl groups is 1. The molecule has 11 heteroatoms. The van der Waals surface area contributed by atoms with Crippen LogP contribution in [-0.4, -0.2) is 59.6 Å². The lowest BCUT2D eigenvalue weighted by Gasteiger charge is -2.43. The number of aliphatic hydroxyl groups excluding tert-OH is 1. The summed E-state index contributed by atoms with van der Waals surface area (Å²) in [6.45, 7) is 4.35. The van der Waals surface area contributed by atoms with Crippen LogP contribution in [0.25, 0.3) is 11.1 Å². The molecule has 2 aliphatic rings. The number of amides is 2. The summed E-state index contributed by atoms with van der Waals surface area (Å²) in [6, 6.07) is 5.63. The quantitative estimate of drug-likeness (QED) is 0.532. The number of hydrogen-bond acceptors (Lipinski definition) is 9. The fraction of sp³-hybridized carbons (Fsp3) is 0.476. The molecule has 170 valence electrons. The predicted molar refractivity (Wildman–Crippen MR) is 120 cm³/mol. The molecule has 10 nitrogen and oxygen atoms in total. The number of benzene rings is 1. The van der Waals surface area contributed by atoms with Crippen LogP contribution in [0.4, 0.5) is 15.9 Å². The van der Waals surface area contributed by atoms with Gasteiger partial charge in [-0.05, 0) is 26.0 Å². The third-order valence-corrected chi connectivity index (χ3v) is 6.76. The van der Waals surface area contributed by atoms with Crippen molar-refractivity contribution in [2.75, 3.05) is 37.1 Å². The number of rotatable bonds is 5. The SMILES string of the molecule is COc1ccc2oc(N3[C@@H]4COC[C@H]3c3sc(NC(=O)NC(C)(C)CO)nc3C4)nc2c1. The average Bonchev–Trinajstić information content (AvgIpc) is 3.35. The van der Waals surface area contributed by atoms with Crippen LogP contribution in [-0.2, 0) is 11.2 Å². The summed E-state index contributed by atoms with van der Waals surface area (Å²) in [4.78, 5) is 24.9. The van der Waals surface area contributed by atoms with Gasteiger partial charge in [-0.3, -0.25) is 5.32 Å². The van der Waals surface area contributed by atoms with Crippen molar-refractivity contribution >= 4 is 39.6 Å². The molecule has 0 spiro atoms. The van der Waals surface area contributed by atoms with Crippen LogP contribution >= 0.6 is 11.3 Å². The van der Waals surface area contributed by atoms with E-state index in [0.29, 0.717) is 36.4 Å². The highest BCUT2D eigenvalue weighted by Gasteiger charge is 2.43. The van der Waals surface area contributed by atoms with Gasteiger partial charge in [0.15, 0.2) is 10.7 Å². The van der Waals surface area contributed by atoms with Crippen LogP contribution in [0.3, 0.4) is 0 Å². The van der Waals surface area contributed by atoms with Gasteiger partial charge in [0.1, 0.15) is 11.3 Å². The number of methoxy groups -OCH3 is 1. The molecular formula is C21H25N5O5S. The number of carbonyl (C=O) groups is 1. The minimum Gasteiger partial charge on any atom is -0.497 e. The van der Waals surface area contributed by atoms with E-state index in [2.05, 4.69) is 20.5 Å². The Morgan fingerprint density at radius 2 is 2.22 bits per heavy atom. The fourth-order valence-electron chi connectivity index (χ4n) is 4.03. The van der Waals surface area contributed by atoms with Crippen LogP contribution in [0, 0.1) is 0 Å². The second-order valence-corrected chi connectivity index (χ2v) is 9.63. The van der Waals surface area contributed by atoms with Crippen molar-refractivity contribution in [3.63, 3.8) is 0 Å². The molecule has 2 bridgehead atoms. The lowest BCUT2D eigenvalue weighted by atomic mass is 9.97. The largest absolute Gasteiger partial charge is 0.497 e. The van der Waals surface area contributed by atoms with Gasteiger partial charge in [0.2, 0.25) is 0 Å². The first-order valence-corrected chi connectivity index (χ1v) is 11.2. The molecule has 1 aromatic carbocycles. The minimum absolute atomic E-state index is 0.0355. The van der Waals surface area contributed by atoms with E-state index in [-0.39, 0.29) is 18.7 Å². The Morgan fingerprint density at radius 3 is 3.00 bits per heavy atom. The van der Waals surface area contributed by atoms with Gasteiger partial charge >= 0.3 is 6.03 Å². The standard InChI is InChI=1S/C21H25N5O5S/c1-21(2,10-27)25-18(28)24-19-22-14-6-11-8-30-9-15(17(14)32-19)26(11)20-23-13-7-12(29-3)4-5-16(13)31-20/h4-5,7,11,15,27H,6,8-10H2,1-3H3,(H2,22,24,25,28)/t11-,15-/m0/s1. The Balaban J connectivity index is 1.42. The van der Waals surface area contributed by atoms with E-state index in [9.17, 15) is 9.90 Å². The Hall–Kier alpha value is -2.89. The van der Waals surface area contributed by atoms with Crippen LogP contribution in [0.15, 0.2) is 22.6 Å². The lowest BCUT2D eigenvalue weighted by Crippen LogP contribution is -2.51. The minimum atomic E-state index is -0.724. The highest BCUT2D eigenvalue weighted by Crippen LogP contribution is 2.44. The van der Waals surface area contributed by atoms with E-state index in [1.165, 1.54) is 11.3 Å². The summed E-state index contributed by atoms with van der Waals surface area (Å²) in [6.07, 6.45) is 0.663. The van der Waals surface area contributed by atoms with Gasteiger partial charge in [0.25, 0.3) is 6.01 Å². The molecule has 1 fully saturated rings. The zero-order valence-corrected chi connectivity index (χ0v) is 18.9. The van der Waals surface area contributed by atoms with Crippen LogP contribution in [0.2, 0.25) is 0 Å². The number of anilines is 2. The van der Waals surface area contributed by atoms with Crippen molar-refractivity contribution in [3.8, 4) is 5.75 Å². The second kappa shape index (κ2) is 7.91. The molecule has 5 rings (SSSR count). The third-order valence-electron chi connectivity index (χ3n) is 5.65. The Kier molecular flexibility index (Phi) is 5.19. The summed E-state index contributed by atoms with van der Waals surface area (Å²) in [7, 11) is 1.62. The maximum absolute atomic E-state index is 12.3. The van der Waals surface area contributed by atoms with Gasteiger partial charge in [0, 0.05) is 12.5 Å². The first-order valence-electron chi connectivity index (χ1n) is 10.4. The second-order valence-electron chi connectivity index (χ2n) is 8.60. The van der Waals surface area contributed by atoms with Crippen molar-refractivity contribution in [1.82, 2.24) is 15.3 Å². The molecule has 32 heavy (non-hydrogen) atoms. The summed E-state index contributed by atoms with van der Waals surface area (Å²) < 4.78 is 17.2. The number of urea groups is 1. The van der Waals surface area contributed by atoms with Crippen molar-refractivity contribution in [1.29, 1.82) is 0 Å². The zero-order chi connectivity index (χ0) is 22.5. The Morgan fingerprint density at radius 1 is 1.38 bits per heavy atom. The molecular weight excluding hydrogens is 434 g/mol. The molecule has 1 saturated heterocycles. The Bertz CT molecular complexity index is 1160. The number of aromatic nitrogens is 2. The maximum atomic E-state index is 12.3. The van der Waals surface area contributed by atoms with Crippen LogP contribution in [0.1, 0.15) is 30.5 Å². The van der Waals surface area contributed by atoms with Gasteiger partial charge < -0.3 is 29.2 Å². The van der Waals surface area contributed by atoms with Gasteiger partial charge in [0.05, 0.1) is 55.1 Å². The smallest absolute Gasteiger partial charge is 0.321 e. The van der Waals surface area contributed by atoms with E-state index in [4.69, 9.17) is 18.9 Å². The third kappa shape index (κ3) is 3.76. The van der Waals surface area contributed by atoms with E-state index < -0.39 is 11.6 Å². The predicted octanol–water partition coefficient (Wildman–Crippen LogP) is 2.69. The monoisotopic (exact) mass is 459 g/mol. The molecule has 2 atom stereocenters. The van der Waals surface area contributed by atoms with Gasteiger partial charge in [-0.25, -0.2) is 9.78 Å². The van der Waals surface area contributed by atoms with Crippen molar-refractivity contribution in [2.24, 2.45) is 0 Å². The first-order chi connectivity index (χ1) is 15.4. The maximum Gasteiger partial charge on any atom is 0.321 e. The van der Waals surface area contributed by atoms with Gasteiger partial charge in [-0.2, -0.15) is 4.98 Å². The molecule has 0 unspecified atom stereocenters. The molecule has 3 aromatic rings. The Labute approximate surface area is 188 Å². The average molecular weight is 460 g/mol. The van der Waals surface area contributed by atoms with Crippen molar-refractivity contribution in [3.05, 3.63) is 28.8 Å². The normalized spacial score (nSPS) is 20.2. The number of fused-ring (bicyclic) bond motifs is 5. The van der Waals surface area contributed by atoms with E-state index in [1.807, 2.05) is 18.2 Å². The summed E-state index contributed by atoms with van der Waals surface area (Å²) >= 11 is 1.42. The van der Waals surface area contributed by atoms with Crippen LogP contribution in [0.5, 0.6) is 5.75 Å². The number of morpholine rings is 1. The number of carbonyl (C=O) groups excluding carboxylic acids is 1. The number of oxazole rings is 1. The highest BCUT2D eigenvalue weighted by atomic mass is 32.1. The van der Waals surface area contributed by atoms with Gasteiger partial charge in [-0.15, -0.1) is 0 Å². The molecule has 3 N–H and O–H groups in total.